The van der Waals surface area contributed by atoms with Crippen LogP contribution in [0.25, 0.3) is 0 Å². The molecule has 242 valence electrons. The lowest BCUT2D eigenvalue weighted by atomic mass is 10.0. The zero-order valence-corrected chi connectivity index (χ0v) is 28.9. The van der Waals surface area contributed by atoms with Crippen LogP contribution in [-0.4, -0.2) is 51.6 Å². The molecule has 3 unspecified atom stereocenters. The molecule has 12 heteroatoms. The fourth-order valence-corrected chi connectivity index (χ4v) is 9.02. The Morgan fingerprint density at radius 3 is 2.66 bits per heavy atom. The van der Waals surface area contributed by atoms with E-state index in [1.807, 2.05) is 86.4 Å². The van der Waals surface area contributed by atoms with Crippen LogP contribution < -0.4 is 15.5 Å². The van der Waals surface area contributed by atoms with Gasteiger partial charge in [0.2, 0.25) is 5.91 Å². The van der Waals surface area contributed by atoms with Crippen molar-refractivity contribution in [1.82, 2.24) is 4.90 Å². The highest BCUT2D eigenvalue weighted by atomic mass is 32.2. The molecule has 1 aliphatic carbocycles. The van der Waals surface area contributed by atoms with Gasteiger partial charge in [0, 0.05) is 26.9 Å². The van der Waals surface area contributed by atoms with Gasteiger partial charge in [-0.15, -0.1) is 34.9 Å². The lowest BCUT2D eigenvalue weighted by molar-refractivity contribution is -0.115. The van der Waals surface area contributed by atoms with Crippen LogP contribution in [0.15, 0.2) is 82.6 Å². The van der Waals surface area contributed by atoms with Crippen LogP contribution in [0.4, 0.5) is 26.0 Å². The van der Waals surface area contributed by atoms with Crippen LogP contribution in [0.5, 0.6) is 0 Å². The summed E-state index contributed by atoms with van der Waals surface area (Å²) in [5.41, 5.74) is 2.22. The first-order valence-electron chi connectivity index (χ1n) is 15.3. The van der Waals surface area contributed by atoms with E-state index in [2.05, 4.69) is 28.9 Å². The van der Waals surface area contributed by atoms with Crippen molar-refractivity contribution in [3.05, 3.63) is 88.8 Å². The minimum atomic E-state index is -0.602. The third-order valence-electron chi connectivity index (χ3n) is 7.79. The summed E-state index contributed by atoms with van der Waals surface area (Å²) in [7, 11) is 0. The van der Waals surface area contributed by atoms with E-state index in [9.17, 15) is 19.6 Å². The smallest absolute Gasteiger partial charge is 0.410 e. The molecule has 3 atom stereocenters. The fraction of sp³-hybridized carbons (Fsp3) is 0.314. The van der Waals surface area contributed by atoms with Gasteiger partial charge in [-0.3, -0.25) is 9.69 Å². The number of hydrogen-bond acceptors (Lipinski definition) is 8. The van der Waals surface area contributed by atoms with E-state index < -0.39 is 16.9 Å². The maximum absolute atomic E-state index is 13.7. The number of benzene rings is 2. The molecule has 0 spiro atoms. The Morgan fingerprint density at radius 1 is 1.09 bits per heavy atom. The number of fused-ring (bicyclic) bond motifs is 3. The normalized spacial score (nSPS) is 18.7. The SMILES string of the molecule is CC(Sc1cccc(NC(=O)N2c3ccccc3SC3C=CC=CC32)c1)C(=O)Nc1sc2c(c1C#N)CCN(C(=O)OC(C)(C)C)C2. The molecule has 3 heterocycles. The predicted octanol–water partition coefficient (Wildman–Crippen LogP) is 8.04. The van der Waals surface area contributed by atoms with Gasteiger partial charge in [-0.1, -0.05) is 42.5 Å². The molecule has 47 heavy (non-hydrogen) atoms. The van der Waals surface area contributed by atoms with Gasteiger partial charge in [0.1, 0.15) is 16.7 Å². The second-order valence-corrected chi connectivity index (χ2v) is 16.1. The van der Waals surface area contributed by atoms with Crippen molar-refractivity contribution in [2.75, 3.05) is 22.1 Å². The Kier molecular flexibility index (Phi) is 9.41. The molecule has 3 aliphatic rings. The average molecular weight is 686 g/mol. The van der Waals surface area contributed by atoms with Crippen LogP contribution in [0.2, 0.25) is 0 Å². The van der Waals surface area contributed by atoms with Crippen molar-refractivity contribution in [3.8, 4) is 6.07 Å². The van der Waals surface area contributed by atoms with Crippen LogP contribution in [0.1, 0.15) is 43.7 Å². The van der Waals surface area contributed by atoms with Gasteiger partial charge in [0.25, 0.3) is 0 Å². The van der Waals surface area contributed by atoms with E-state index in [4.69, 9.17) is 4.74 Å². The molecule has 2 aliphatic heterocycles. The number of ether oxygens (including phenoxy) is 1. The molecule has 2 aromatic carbocycles. The Labute approximate surface area is 287 Å². The minimum absolute atomic E-state index is 0.109. The highest BCUT2D eigenvalue weighted by molar-refractivity contribution is 8.00. The van der Waals surface area contributed by atoms with Gasteiger partial charge in [0.05, 0.1) is 34.3 Å². The second-order valence-electron chi connectivity index (χ2n) is 12.4. The number of para-hydroxylation sites is 1. The fourth-order valence-electron chi connectivity index (χ4n) is 5.62. The summed E-state index contributed by atoms with van der Waals surface area (Å²) in [6.07, 6.45) is 8.30. The van der Waals surface area contributed by atoms with Crippen LogP contribution >= 0.6 is 34.9 Å². The van der Waals surface area contributed by atoms with Gasteiger partial charge in [-0.25, -0.2) is 9.59 Å². The zero-order chi connectivity index (χ0) is 33.3. The highest BCUT2D eigenvalue weighted by Crippen LogP contribution is 2.44. The first-order chi connectivity index (χ1) is 22.5. The van der Waals surface area contributed by atoms with Crippen molar-refractivity contribution < 1.29 is 19.1 Å². The van der Waals surface area contributed by atoms with E-state index in [1.54, 1.807) is 23.6 Å². The van der Waals surface area contributed by atoms with Crippen molar-refractivity contribution in [1.29, 1.82) is 5.26 Å². The number of rotatable bonds is 5. The van der Waals surface area contributed by atoms with E-state index >= 15 is 0 Å². The summed E-state index contributed by atoms with van der Waals surface area (Å²) in [6, 6.07) is 17.3. The zero-order valence-electron chi connectivity index (χ0n) is 26.5. The average Bonchev–Trinajstić information content (AvgIpc) is 3.38. The molecule has 9 nitrogen and oxygen atoms in total. The van der Waals surface area contributed by atoms with Gasteiger partial charge >= 0.3 is 12.1 Å². The number of carbonyl (C=O) groups excluding carboxylic acids is 3. The summed E-state index contributed by atoms with van der Waals surface area (Å²) in [4.78, 5) is 45.9. The molecule has 0 fully saturated rings. The number of thiophene rings is 1. The first kappa shape index (κ1) is 32.7. The number of thioether (sulfide) groups is 2. The summed E-state index contributed by atoms with van der Waals surface area (Å²) >= 11 is 4.45. The van der Waals surface area contributed by atoms with E-state index in [-0.39, 0.29) is 23.2 Å². The minimum Gasteiger partial charge on any atom is -0.444 e. The van der Waals surface area contributed by atoms with Crippen LogP contribution in [0, 0.1) is 11.3 Å². The Balaban J connectivity index is 1.11. The summed E-state index contributed by atoms with van der Waals surface area (Å²) in [5.74, 6) is -0.242. The van der Waals surface area contributed by atoms with E-state index in [1.165, 1.54) is 23.1 Å². The van der Waals surface area contributed by atoms with Crippen LogP contribution in [0.3, 0.4) is 0 Å². The highest BCUT2D eigenvalue weighted by Gasteiger charge is 2.37. The number of allylic oxidation sites excluding steroid dienone is 2. The molecule has 0 bridgehead atoms. The molecule has 0 saturated carbocycles. The first-order valence-corrected chi connectivity index (χ1v) is 17.9. The topological polar surface area (TPSA) is 115 Å². The Bertz CT molecular complexity index is 1820. The van der Waals surface area contributed by atoms with Crippen molar-refractivity contribution in [2.24, 2.45) is 0 Å². The number of urea groups is 1. The number of nitrogens with zero attached hydrogens (tertiary/aromatic N) is 3. The largest absolute Gasteiger partial charge is 0.444 e. The van der Waals surface area contributed by atoms with Crippen LogP contribution in [-0.2, 0) is 22.5 Å². The lowest BCUT2D eigenvalue weighted by Crippen LogP contribution is -2.49. The summed E-state index contributed by atoms with van der Waals surface area (Å²) < 4.78 is 5.53. The van der Waals surface area contributed by atoms with Crippen molar-refractivity contribution >= 4 is 69.3 Å². The maximum atomic E-state index is 13.7. The number of nitrogens with one attached hydrogen (secondary N) is 2. The lowest BCUT2D eigenvalue weighted by Gasteiger charge is -2.40. The summed E-state index contributed by atoms with van der Waals surface area (Å²) in [6.45, 7) is 8.06. The number of carbonyl (C=O) groups is 3. The van der Waals surface area contributed by atoms with Gasteiger partial charge in [-0.05, 0) is 70.0 Å². The quantitative estimate of drug-likeness (QED) is 0.261. The van der Waals surface area contributed by atoms with Gasteiger partial charge in [0.15, 0.2) is 0 Å². The number of anilines is 3. The van der Waals surface area contributed by atoms with Crippen molar-refractivity contribution in [3.63, 3.8) is 0 Å². The molecule has 6 rings (SSSR count). The number of nitriles is 1. The number of hydrogen-bond donors (Lipinski definition) is 2. The number of amides is 4. The van der Waals surface area contributed by atoms with Crippen molar-refractivity contribution in [2.45, 2.75) is 72.6 Å². The summed E-state index contributed by atoms with van der Waals surface area (Å²) in [5, 5.41) is 16.1. The van der Waals surface area contributed by atoms with E-state index in [0.29, 0.717) is 35.8 Å². The monoisotopic (exact) mass is 685 g/mol. The third kappa shape index (κ3) is 7.22. The third-order valence-corrected chi connectivity index (χ3v) is 11.3. The second kappa shape index (κ2) is 13.5. The molecule has 3 aromatic rings. The van der Waals surface area contributed by atoms with Gasteiger partial charge in [-0.2, -0.15) is 5.26 Å². The van der Waals surface area contributed by atoms with Gasteiger partial charge < -0.3 is 20.3 Å². The molecular formula is C35H35N5O4S3. The standard InChI is InChI=1S/C35H35N5O4S3/c1-21(31(41)38-32-25(19-36)24-16-17-39(20-30(24)47-32)34(43)44-35(2,3)4)45-23-11-9-10-22(18-23)37-33(42)40-26-12-5-7-14-28(26)46-29-15-8-6-13-27(29)40/h5-15,18,21,26,28H,16-17,20H2,1-4H3,(H,37,42)(H,38,41). The molecule has 0 saturated heterocycles. The maximum Gasteiger partial charge on any atom is 0.410 e. The Morgan fingerprint density at radius 2 is 1.87 bits per heavy atom. The Hall–Kier alpha value is -4.18. The molecule has 1 aromatic heterocycles. The van der Waals surface area contributed by atoms with E-state index in [0.717, 1.165) is 25.9 Å². The molecule has 2 N–H and O–H groups in total. The molecular weight excluding hydrogens is 651 g/mol. The predicted molar refractivity (Wildman–Crippen MR) is 189 cm³/mol. The molecule has 4 amide bonds. The molecule has 0 radical (unpaired) electrons.